The SMILES string of the molecule is Cc1c(C)c(S(=O)(=O)NC(N)=NCCC[C@H](N[C@@H](C#N)Cc2ccccc2)C(=O)NCc2ccccc2)c(C)c2c1OC(C)(C)C2. The number of hydrogen-bond donors (Lipinski definition) is 4. The predicted octanol–water partition coefficient (Wildman–Crippen LogP) is 4.11. The number of guanidine groups is 1. The van der Waals surface area contributed by atoms with E-state index in [0.29, 0.717) is 43.4 Å². The quantitative estimate of drug-likeness (QED) is 0.124. The van der Waals surface area contributed by atoms with Gasteiger partial charge in [-0.05, 0) is 75.3 Å². The molecule has 0 aromatic heterocycles. The Morgan fingerprint density at radius 1 is 1.02 bits per heavy atom. The van der Waals surface area contributed by atoms with E-state index in [9.17, 15) is 18.5 Å². The Kier molecular flexibility index (Phi) is 11.1. The van der Waals surface area contributed by atoms with Crippen molar-refractivity contribution >= 4 is 21.9 Å². The minimum Gasteiger partial charge on any atom is -0.487 e. The lowest BCUT2D eigenvalue weighted by molar-refractivity contribution is -0.123. The van der Waals surface area contributed by atoms with Gasteiger partial charge in [0.05, 0.1) is 23.0 Å². The van der Waals surface area contributed by atoms with E-state index in [4.69, 9.17) is 10.5 Å². The molecule has 11 heteroatoms. The molecule has 1 heterocycles. The van der Waals surface area contributed by atoms with Gasteiger partial charge in [-0.15, -0.1) is 0 Å². The second-order valence-electron chi connectivity index (χ2n) is 12.4. The van der Waals surface area contributed by atoms with E-state index in [-0.39, 0.29) is 23.3 Å². The Bertz CT molecular complexity index is 1720. The highest BCUT2D eigenvalue weighted by Crippen LogP contribution is 2.43. The van der Waals surface area contributed by atoms with Crippen LogP contribution in [0.5, 0.6) is 5.75 Å². The van der Waals surface area contributed by atoms with Crippen molar-refractivity contribution in [3.8, 4) is 11.8 Å². The highest BCUT2D eigenvalue weighted by Gasteiger charge is 2.36. The smallest absolute Gasteiger partial charge is 0.264 e. The van der Waals surface area contributed by atoms with Crippen molar-refractivity contribution in [2.45, 2.75) is 89.4 Å². The summed E-state index contributed by atoms with van der Waals surface area (Å²) < 4.78 is 35.6. The van der Waals surface area contributed by atoms with Gasteiger partial charge in [0.2, 0.25) is 11.9 Å². The number of hydrogen-bond acceptors (Lipinski definition) is 7. The molecule has 1 amide bonds. The highest BCUT2D eigenvalue weighted by atomic mass is 32.2. The summed E-state index contributed by atoms with van der Waals surface area (Å²) in [6, 6.07) is 20.2. The Hall–Kier alpha value is -4.40. The molecule has 0 bridgehead atoms. The summed E-state index contributed by atoms with van der Waals surface area (Å²) >= 11 is 0. The van der Waals surface area contributed by atoms with E-state index in [1.807, 2.05) is 81.4 Å². The van der Waals surface area contributed by atoms with Crippen LogP contribution in [0.3, 0.4) is 0 Å². The van der Waals surface area contributed by atoms with Crippen LogP contribution in [0.4, 0.5) is 0 Å². The Labute approximate surface area is 272 Å². The van der Waals surface area contributed by atoms with Gasteiger partial charge >= 0.3 is 0 Å². The number of aliphatic imine (C=N–C) groups is 1. The van der Waals surface area contributed by atoms with Gasteiger partial charge < -0.3 is 15.8 Å². The molecule has 0 saturated carbocycles. The number of nitrogens with two attached hydrogens (primary N) is 1. The topological polar surface area (TPSA) is 159 Å². The molecule has 2 atom stereocenters. The fourth-order valence-electron chi connectivity index (χ4n) is 5.80. The van der Waals surface area contributed by atoms with Gasteiger partial charge in [-0.25, -0.2) is 13.1 Å². The summed E-state index contributed by atoms with van der Waals surface area (Å²) in [7, 11) is -4.03. The molecule has 10 nitrogen and oxygen atoms in total. The van der Waals surface area contributed by atoms with Crippen molar-refractivity contribution in [2.24, 2.45) is 10.7 Å². The van der Waals surface area contributed by atoms with E-state index in [0.717, 1.165) is 28.0 Å². The first-order chi connectivity index (χ1) is 21.8. The number of sulfonamides is 1. The molecule has 0 spiro atoms. The first kappa shape index (κ1) is 34.5. The van der Waals surface area contributed by atoms with Crippen LogP contribution >= 0.6 is 0 Å². The zero-order valence-corrected chi connectivity index (χ0v) is 28.0. The molecular weight excluding hydrogens is 600 g/mol. The van der Waals surface area contributed by atoms with Gasteiger partial charge in [0.15, 0.2) is 0 Å². The highest BCUT2D eigenvalue weighted by molar-refractivity contribution is 7.90. The number of rotatable bonds is 13. The molecule has 46 heavy (non-hydrogen) atoms. The van der Waals surface area contributed by atoms with Crippen molar-refractivity contribution in [2.75, 3.05) is 6.54 Å². The number of carbonyl (C=O) groups excluding carboxylic acids is 1. The number of carbonyl (C=O) groups is 1. The fraction of sp³-hybridized carbons (Fsp3) is 0.400. The number of nitriles is 1. The summed E-state index contributed by atoms with van der Waals surface area (Å²) in [5, 5.41) is 16.0. The van der Waals surface area contributed by atoms with Gasteiger partial charge in [0, 0.05) is 31.5 Å². The molecule has 1 aliphatic rings. The molecule has 0 fully saturated rings. The standard InChI is InChI=1S/C35H44N6O4S/c1-23-24(2)32(25(3)29-20-35(4,5)45-31(23)29)46(43,44)41-34(37)38-18-12-17-30(33(42)39-22-27-15-10-7-11-16-27)40-28(21-36)19-26-13-8-6-9-14-26/h6-11,13-16,28,30,40H,12,17-20,22H2,1-5H3,(H,39,42)(H3,37,38,41)/t28-,30+/m1/s1. The zero-order valence-electron chi connectivity index (χ0n) is 27.2. The molecule has 3 aromatic carbocycles. The molecule has 5 N–H and O–H groups in total. The third-order valence-corrected chi connectivity index (χ3v) is 9.83. The first-order valence-corrected chi connectivity index (χ1v) is 16.9. The van der Waals surface area contributed by atoms with E-state index in [2.05, 4.69) is 26.4 Å². The number of benzene rings is 3. The maximum atomic E-state index is 13.5. The number of nitrogens with one attached hydrogen (secondary N) is 3. The summed E-state index contributed by atoms with van der Waals surface area (Å²) in [6.07, 6.45) is 1.82. The van der Waals surface area contributed by atoms with Gasteiger partial charge in [-0.1, -0.05) is 60.7 Å². The summed E-state index contributed by atoms with van der Waals surface area (Å²) in [5.74, 6) is 0.282. The third kappa shape index (κ3) is 8.65. The number of amides is 1. The average molecular weight is 645 g/mol. The van der Waals surface area contributed by atoms with Crippen LogP contribution in [-0.2, 0) is 34.2 Å². The van der Waals surface area contributed by atoms with Gasteiger partial charge in [-0.2, -0.15) is 5.26 Å². The lowest BCUT2D eigenvalue weighted by Crippen LogP contribution is -2.48. The molecule has 0 aliphatic carbocycles. The predicted molar refractivity (Wildman–Crippen MR) is 180 cm³/mol. The number of ether oxygens (including phenoxy) is 1. The summed E-state index contributed by atoms with van der Waals surface area (Å²) in [5.41, 5.74) is 10.5. The molecule has 4 rings (SSSR count). The Balaban J connectivity index is 1.42. The normalized spacial score (nSPS) is 15.3. The van der Waals surface area contributed by atoms with Crippen molar-refractivity contribution in [1.82, 2.24) is 15.4 Å². The van der Waals surface area contributed by atoms with Crippen molar-refractivity contribution in [1.29, 1.82) is 5.26 Å². The van der Waals surface area contributed by atoms with Crippen molar-refractivity contribution in [3.05, 3.63) is 94.0 Å². The minimum absolute atomic E-state index is 0.178. The van der Waals surface area contributed by atoms with Crippen LogP contribution in [0.15, 0.2) is 70.6 Å². The van der Waals surface area contributed by atoms with E-state index >= 15 is 0 Å². The maximum absolute atomic E-state index is 13.5. The second-order valence-corrected chi connectivity index (χ2v) is 14.0. The monoisotopic (exact) mass is 644 g/mol. The van der Waals surface area contributed by atoms with E-state index in [1.165, 1.54) is 0 Å². The molecule has 3 aromatic rings. The molecule has 244 valence electrons. The number of nitrogens with zero attached hydrogens (tertiary/aromatic N) is 2. The maximum Gasteiger partial charge on any atom is 0.264 e. The minimum atomic E-state index is -4.03. The van der Waals surface area contributed by atoms with Gasteiger partial charge in [0.1, 0.15) is 11.4 Å². The second kappa shape index (κ2) is 14.8. The molecule has 0 unspecified atom stereocenters. The van der Waals surface area contributed by atoms with Crippen LogP contribution < -0.4 is 25.8 Å². The molecule has 1 aliphatic heterocycles. The molecule has 0 saturated heterocycles. The fourth-order valence-corrected chi connectivity index (χ4v) is 7.32. The zero-order chi connectivity index (χ0) is 33.5. The Morgan fingerprint density at radius 2 is 1.65 bits per heavy atom. The van der Waals surface area contributed by atoms with Crippen LogP contribution in [0.2, 0.25) is 0 Å². The first-order valence-electron chi connectivity index (χ1n) is 15.5. The third-order valence-electron chi connectivity index (χ3n) is 8.20. The van der Waals surface area contributed by atoms with E-state index in [1.54, 1.807) is 13.8 Å². The molecular formula is C35H44N6O4S. The van der Waals surface area contributed by atoms with Gasteiger partial charge in [0.25, 0.3) is 10.0 Å². The van der Waals surface area contributed by atoms with Crippen LogP contribution in [0, 0.1) is 32.1 Å². The summed E-state index contributed by atoms with van der Waals surface area (Å²) in [4.78, 5) is 17.7. The number of fused-ring (bicyclic) bond motifs is 1. The average Bonchev–Trinajstić information content (AvgIpc) is 3.36. The van der Waals surface area contributed by atoms with Gasteiger partial charge in [-0.3, -0.25) is 15.1 Å². The van der Waals surface area contributed by atoms with Crippen LogP contribution in [-0.4, -0.2) is 44.5 Å². The van der Waals surface area contributed by atoms with E-state index < -0.39 is 27.7 Å². The van der Waals surface area contributed by atoms with Crippen molar-refractivity contribution in [3.63, 3.8) is 0 Å². The van der Waals surface area contributed by atoms with Crippen molar-refractivity contribution < 1.29 is 17.9 Å². The van der Waals surface area contributed by atoms with Crippen LogP contribution in [0.25, 0.3) is 0 Å². The lowest BCUT2D eigenvalue weighted by atomic mass is 9.94. The van der Waals surface area contributed by atoms with Crippen LogP contribution in [0.1, 0.15) is 60.1 Å². The Morgan fingerprint density at radius 3 is 2.28 bits per heavy atom. The lowest BCUT2D eigenvalue weighted by Gasteiger charge is -2.21. The largest absolute Gasteiger partial charge is 0.487 e. The molecule has 0 radical (unpaired) electrons. The summed E-state index contributed by atoms with van der Waals surface area (Å²) in [6.45, 7) is 9.91.